The monoisotopic (exact) mass is 429 g/mol. The van der Waals surface area contributed by atoms with Crippen LogP contribution in [0.1, 0.15) is 26.6 Å². The number of halogens is 1. The molecule has 154 valence electrons. The van der Waals surface area contributed by atoms with E-state index >= 15 is 0 Å². The minimum absolute atomic E-state index is 0.0617. The van der Waals surface area contributed by atoms with Crippen LogP contribution in [-0.2, 0) is 0 Å². The van der Waals surface area contributed by atoms with Crippen LogP contribution in [-0.4, -0.2) is 40.0 Å². The van der Waals surface area contributed by atoms with Gasteiger partial charge < -0.3 is 15.2 Å². The molecule has 11 heteroatoms. The predicted molar refractivity (Wildman–Crippen MR) is 107 cm³/mol. The summed E-state index contributed by atoms with van der Waals surface area (Å²) in [7, 11) is 0. The van der Waals surface area contributed by atoms with Crippen LogP contribution >= 0.6 is 11.6 Å². The number of aryl methyl sites for hydroxylation is 1. The highest BCUT2D eigenvalue weighted by atomic mass is 35.5. The molecular formula is C19H16ClN5O5. The maximum Gasteiger partial charge on any atom is 0.316 e. The molecule has 2 aromatic carbocycles. The standard InChI is InChI=1S/C19H16ClN5O5/c1-11-2-4-12(5-3-11)16-23-19(30-24-16)18(27)22-9-8-21-17(26)13-6-7-14(20)15(10-13)25(28)29/h2-7,10H,8-9H2,1H3,(H,21,26)(H,22,27). The number of aromatic nitrogens is 2. The van der Waals surface area contributed by atoms with E-state index in [-0.39, 0.29) is 41.1 Å². The van der Waals surface area contributed by atoms with Gasteiger partial charge in [-0.3, -0.25) is 19.7 Å². The van der Waals surface area contributed by atoms with Crippen LogP contribution < -0.4 is 10.6 Å². The van der Waals surface area contributed by atoms with Crippen LogP contribution in [0, 0.1) is 17.0 Å². The van der Waals surface area contributed by atoms with Gasteiger partial charge in [-0.05, 0) is 19.1 Å². The Morgan fingerprint density at radius 1 is 1.10 bits per heavy atom. The Hall–Kier alpha value is -3.79. The van der Waals surface area contributed by atoms with E-state index in [2.05, 4.69) is 20.8 Å². The van der Waals surface area contributed by atoms with Crippen molar-refractivity contribution in [3.05, 3.63) is 74.6 Å². The normalized spacial score (nSPS) is 10.5. The molecule has 10 nitrogen and oxygen atoms in total. The maximum absolute atomic E-state index is 12.1. The van der Waals surface area contributed by atoms with E-state index < -0.39 is 16.7 Å². The van der Waals surface area contributed by atoms with E-state index in [0.29, 0.717) is 5.56 Å². The van der Waals surface area contributed by atoms with Crippen LogP contribution in [0.4, 0.5) is 5.69 Å². The Bertz CT molecular complexity index is 1100. The van der Waals surface area contributed by atoms with E-state index in [4.69, 9.17) is 16.1 Å². The molecule has 0 atom stereocenters. The molecule has 3 aromatic rings. The summed E-state index contributed by atoms with van der Waals surface area (Å²) in [6.45, 7) is 2.12. The molecule has 0 aliphatic heterocycles. The Kier molecular flexibility index (Phi) is 6.38. The molecule has 0 fully saturated rings. The summed E-state index contributed by atoms with van der Waals surface area (Å²) < 4.78 is 4.97. The number of hydrogen-bond acceptors (Lipinski definition) is 7. The lowest BCUT2D eigenvalue weighted by Crippen LogP contribution is -2.34. The fraction of sp³-hybridized carbons (Fsp3) is 0.158. The molecule has 0 aliphatic carbocycles. The second-order valence-electron chi connectivity index (χ2n) is 6.22. The highest BCUT2D eigenvalue weighted by Crippen LogP contribution is 2.25. The number of carbonyl (C=O) groups is 2. The van der Waals surface area contributed by atoms with Gasteiger partial charge in [0.05, 0.1) is 4.92 Å². The number of amides is 2. The molecule has 1 heterocycles. The van der Waals surface area contributed by atoms with Gasteiger partial charge in [-0.1, -0.05) is 46.6 Å². The van der Waals surface area contributed by atoms with Crippen molar-refractivity contribution in [3.8, 4) is 11.4 Å². The lowest BCUT2D eigenvalue weighted by atomic mass is 10.1. The number of nitro benzene ring substituents is 1. The minimum Gasteiger partial charge on any atom is -0.350 e. The molecule has 0 radical (unpaired) electrons. The SMILES string of the molecule is Cc1ccc(-c2noc(C(=O)NCCNC(=O)c3ccc(Cl)c([N+](=O)[O-])c3)n2)cc1. The lowest BCUT2D eigenvalue weighted by molar-refractivity contribution is -0.384. The van der Waals surface area contributed by atoms with Crippen molar-refractivity contribution in [1.29, 1.82) is 0 Å². The molecule has 0 saturated carbocycles. The number of nitrogens with one attached hydrogen (secondary N) is 2. The van der Waals surface area contributed by atoms with Crippen molar-refractivity contribution < 1.29 is 19.0 Å². The summed E-state index contributed by atoms with van der Waals surface area (Å²) in [4.78, 5) is 38.5. The summed E-state index contributed by atoms with van der Waals surface area (Å²) in [6.07, 6.45) is 0. The van der Waals surface area contributed by atoms with Crippen molar-refractivity contribution in [2.75, 3.05) is 13.1 Å². The zero-order chi connectivity index (χ0) is 21.7. The molecule has 2 amide bonds. The fourth-order valence-electron chi connectivity index (χ4n) is 2.46. The van der Waals surface area contributed by atoms with Crippen LogP contribution in [0.25, 0.3) is 11.4 Å². The van der Waals surface area contributed by atoms with Gasteiger partial charge in [0.1, 0.15) is 5.02 Å². The summed E-state index contributed by atoms with van der Waals surface area (Å²) in [5, 5.41) is 19.7. The Labute approximate surface area is 175 Å². The average molecular weight is 430 g/mol. The number of hydrogen-bond donors (Lipinski definition) is 2. The third-order valence-corrected chi connectivity index (χ3v) is 4.35. The first-order valence-corrected chi connectivity index (χ1v) is 9.14. The van der Waals surface area contributed by atoms with Gasteiger partial charge in [-0.2, -0.15) is 4.98 Å². The summed E-state index contributed by atoms with van der Waals surface area (Å²) in [5.74, 6) is -1.04. The average Bonchev–Trinajstić information content (AvgIpc) is 3.22. The zero-order valence-corrected chi connectivity index (χ0v) is 16.5. The quantitative estimate of drug-likeness (QED) is 0.334. The second kappa shape index (κ2) is 9.14. The second-order valence-corrected chi connectivity index (χ2v) is 6.63. The fourth-order valence-corrected chi connectivity index (χ4v) is 2.65. The molecule has 3 rings (SSSR count). The van der Waals surface area contributed by atoms with Crippen molar-refractivity contribution in [3.63, 3.8) is 0 Å². The minimum atomic E-state index is -0.672. The largest absolute Gasteiger partial charge is 0.350 e. The van der Waals surface area contributed by atoms with E-state index in [9.17, 15) is 19.7 Å². The molecule has 1 aromatic heterocycles. The van der Waals surface area contributed by atoms with Gasteiger partial charge in [-0.15, -0.1) is 0 Å². The molecular weight excluding hydrogens is 414 g/mol. The third-order valence-electron chi connectivity index (χ3n) is 4.03. The van der Waals surface area contributed by atoms with E-state index in [1.54, 1.807) is 0 Å². The Morgan fingerprint density at radius 2 is 1.77 bits per heavy atom. The first-order valence-electron chi connectivity index (χ1n) is 8.76. The molecule has 0 unspecified atom stereocenters. The summed E-state index contributed by atoms with van der Waals surface area (Å²) >= 11 is 5.72. The first-order chi connectivity index (χ1) is 14.3. The molecule has 0 bridgehead atoms. The van der Waals surface area contributed by atoms with Gasteiger partial charge in [0.15, 0.2) is 0 Å². The van der Waals surface area contributed by atoms with E-state index in [1.807, 2.05) is 31.2 Å². The molecule has 0 saturated heterocycles. The van der Waals surface area contributed by atoms with Crippen molar-refractivity contribution in [2.45, 2.75) is 6.92 Å². The molecule has 0 spiro atoms. The molecule has 0 aliphatic rings. The van der Waals surface area contributed by atoms with Gasteiger partial charge in [0.2, 0.25) is 5.82 Å². The van der Waals surface area contributed by atoms with Crippen molar-refractivity contribution in [1.82, 2.24) is 20.8 Å². The van der Waals surface area contributed by atoms with Gasteiger partial charge in [0.25, 0.3) is 11.6 Å². The third kappa shape index (κ3) is 4.97. The highest BCUT2D eigenvalue weighted by Gasteiger charge is 2.17. The zero-order valence-electron chi connectivity index (χ0n) is 15.7. The summed E-state index contributed by atoms with van der Waals surface area (Å²) in [5.41, 5.74) is 1.51. The number of rotatable bonds is 7. The lowest BCUT2D eigenvalue weighted by Gasteiger charge is -2.06. The van der Waals surface area contributed by atoms with Crippen LogP contribution in [0.5, 0.6) is 0 Å². The maximum atomic E-state index is 12.1. The topological polar surface area (TPSA) is 140 Å². The molecule has 30 heavy (non-hydrogen) atoms. The van der Waals surface area contributed by atoms with Crippen molar-refractivity contribution >= 4 is 29.1 Å². The van der Waals surface area contributed by atoms with Crippen LogP contribution in [0.3, 0.4) is 0 Å². The van der Waals surface area contributed by atoms with Crippen LogP contribution in [0.15, 0.2) is 47.0 Å². The Balaban J connectivity index is 1.50. The first kappa shape index (κ1) is 20.9. The van der Waals surface area contributed by atoms with Crippen LogP contribution in [0.2, 0.25) is 5.02 Å². The number of carbonyl (C=O) groups excluding carboxylic acids is 2. The van der Waals surface area contributed by atoms with Gasteiger partial charge >= 0.3 is 11.8 Å². The highest BCUT2D eigenvalue weighted by molar-refractivity contribution is 6.32. The van der Waals surface area contributed by atoms with E-state index in [0.717, 1.165) is 11.6 Å². The van der Waals surface area contributed by atoms with Gasteiger partial charge in [-0.25, -0.2) is 0 Å². The molecule has 2 N–H and O–H groups in total. The Morgan fingerprint density at radius 3 is 2.43 bits per heavy atom. The summed E-state index contributed by atoms with van der Waals surface area (Å²) in [6, 6.07) is 11.1. The van der Waals surface area contributed by atoms with Crippen molar-refractivity contribution in [2.24, 2.45) is 0 Å². The number of nitro groups is 1. The predicted octanol–water partition coefficient (Wildman–Crippen LogP) is 2.77. The number of nitrogens with zero attached hydrogens (tertiary/aromatic N) is 3. The number of benzene rings is 2. The van der Waals surface area contributed by atoms with E-state index in [1.165, 1.54) is 12.1 Å². The van der Waals surface area contributed by atoms with Gasteiger partial charge in [0, 0.05) is 30.3 Å². The smallest absolute Gasteiger partial charge is 0.316 e.